The van der Waals surface area contributed by atoms with Gasteiger partial charge in [-0.2, -0.15) is 13.2 Å². The molecule has 1 aliphatic heterocycles. The standard InChI is InChI=1S/C18H12ClF3O4/c1-25-11-3-5-15-10(6-11)7-12(17(23)24)16(26-15)9-2-4-13(14(19)8-9)18(20,21)22/h2-8,16H,1H3,(H,23,24). The number of carboxylic acids is 1. The van der Waals surface area contributed by atoms with Crippen molar-refractivity contribution in [3.05, 3.63) is 63.7 Å². The van der Waals surface area contributed by atoms with Crippen LogP contribution in [-0.4, -0.2) is 18.2 Å². The average molecular weight is 385 g/mol. The Morgan fingerprint density at radius 2 is 1.96 bits per heavy atom. The molecule has 3 rings (SSSR count). The number of benzene rings is 2. The molecule has 2 aromatic carbocycles. The van der Waals surface area contributed by atoms with Crippen LogP contribution < -0.4 is 9.47 Å². The molecule has 1 aliphatic rings. The molecule has 0 spiro atoms. The van der Waals surface area contributed by atoms with E-state index < -0.39 is 28.8 Å². The molecule has 26 heavy (non-hydrogen) atoms. The fourth-order valence-electron chi connectivity index (χ4n) is 2.65. The van der Waals surface area contributed by atoms with E-state index in [1.807, 2.05) is 0 Å². The molecule has 1 heterocycles. The summed E-state index contributed by atoms with van der Waals surface area (Å²) in [5, 5.41) is 8.96. The molecule has 2 aromatic rings. The number of ether oxygens (including phenoxy) is 2. The first kappa shape index (κ1) is 18.1. The van der Waals surface area contributed by atoms with Gasteiger partial charge in [0.25, 0.3) is 0 Å². The van der Waals surface area contributed by atoms with Crippen LogP contribution in [0.4, 0.5) is 13.2 Å². The highest BCUT2D eigenvalue weighted by molar-refractivity contribution is 6.31. The summed E-state index contributed by atoms with van der Waals surface area (Å²) in [5.74, 6) is -0.347. The summed E-state index contributed by atoms with van der Waals surface area (Å²) in [4.78, 5) is 11.6. The number of hydrogen-bond acceptors (Lipinski definition) is 3. The number of alkyl halides is 3. The van der Waals surface area contributed by atoms with Crippen LogP contribution in [0.25, 0.3) is 6.08 Å². The lowest BCUT2D eigenvalue weighted by atomic mass is 9.95. The second kappa shape index (κ2) is 6.57. The van der Waals surface area contributed by atoms with Gasteiger partial charge in [-0.3, -0.25) is 0 Å². The zero-order valence-electron chi connectivity index (χ0n) is 13.3. The van der Waals surface area contributed by atoms with Gasteiger partial charge in [0, 0.05) is 5.56 Å². The van der Waals surface area contributed by atoms with Crippen molar-refractivity contribution in [2.45, 2.75) is 12.3 Å². The largest absolute Gasteiger partial charge is 0.497 e. The van der Waals surface area contributed by atoms with Crippen LogP contribution in [0, 0.1) is 0 Å². The molecular weight excluding hydrogens is 373 g/mol. The van der Waals surface area contributed by atoms with E-state index in [-0.39, 0.29) is 11.1 Å². The molecule has 0 amide bonds. The minimum absolute atomic E-state index is 0.124. The van der Waals surface area contributed by atoms with Crippen LogP contribution in [0.3, 0.4) is 0 Å². The van der Waals surface area contributed by atoms with E-state index in [0.717, 1.165) is 18.2 Å². The first-order chi connectivity index (χ1) is 12.2. The van der Waals surface area contributed by atoms with Crippen molar-refractivity contribution in [3.8, 4) is 11.5 Å². The lowest BCUT2D eigenvalue weighted by molar-refractivity contribution is -0.137. The van der Waals surface area contributed by atoms with Gasteiger partial charge in [0.2, 0.25) is 0 Å². The van der Waals surface area contributed by atoms with Crippen LogP contribution in [0.15, 0.2) is 42.0 Å². The predicted octanol–water partition coefficient (Wildman–Crippen LogP) is 4.97. The molecular formula is C18H12ClF3O4. The molecule has 4 nitrogen and oxygen atoms in total. The maximum Gasteiger partial charge on any atom is 0.417 e. The van der Waals surface area contributed by atoms with E-state index in [1.165, 1.54) is 13.2 Å². The van der Waals surface area contributed by atoms with Crippen molar-refractivity contribution in [2.75, 3.05) is 7.11 Å². The van der Waals surface area contributed by atoms with E-state index in [1.54, 1.807) is 18.2 Å². The van der Waals surface area contributed by atoms with Crippen molar-refractivity contribution >= 4 is 23.6 Å². The highest BCUT2D eigenvalue weighted by atomic mass is 35.5. The third kappa shape index (κ3) is 3.35. The van der Waals surface area contributed by atoms with Crippen molar-refractivity contribution < 1.29 is 32.5 Å². The van der Waals surface area contributed by atoms with Crippen molar-refractivity contribution in [3.63, 3.8) is 0 Å². The first-order valence-corrected chi connectivity index (χ1v) is 7.74. The summed E-state index contributed by atoms with van der Waals surface area (Å²) in [6.07, 6.45) is -4.29. The normalized spacial score (nSPS) is 16.3. The maximum absolute atomic E-state index is 12.9. The van der Waals surface area contributed by atoms with Crippen LogP contribution in [-0.2, 0) is 11.0 Å². The van der Waals surface area contributed by atoms with Crippen molar-refractivity contribution in [1.82, 2.24) is 0 Å². The van der Waals surface area contributed by atoms with Gasteiger partial charge in [0.05, 0.1) is 23.3 Å². The molecule has 0 saturated carbocycles. The molecule has 0 aromatic heterocycles. The quantitative estimate of drug-likeness (QED) is 0.811. The predicted molar refractivity (Wildman–Crippen MR) is 88.4 cm³/mol. The Morgan fingerprint density at radius 1 is 1.23 bits per heavy atom. The lowest BCUT2D eigenvalue weighted by Crippen LogP contribution is -2.20. The Labute approximate surface area is 151 Å². The fourth-order valence-corrected chi connectivity index (χ4v) is 2.95. The monoisotopic (exact) mass is 384 g/mol. The van der Waals surface area contributed by atoms with Gasteiger partial charge in [-0.25, -0.2) is 4.79 Å². The number of carbonyl (C=O) groups is 1. The molecule has 1 N–H and O–H groups in total. The summed E-state index contributed by atoms with van der Waals surface area (Å²) in [7, 11) is 1.47. The third-order valence-electron chi connectivity index (χ3n) is 3.90. The highest BCUT2D eigenvalue weighted by Crippen LogP contribution is 2.41. The molecule has 0 fully saturated rings. The fraction of sp³-hybridized carbons (Fsp3) is 0.167. The molecule has 0 bridgehead atoms. The summed E-state index contributed by atoms with van der Waals surface area (Å²) in [5.41, 5.74) is -0.416. The number of aliphatic carboxylic acids is 1. The Balaban J connectivity index is 2.05. The van der Waals surface area contributed by atoms with E-state index in [0.29, 0.717) is 17.1 Å². The van der Waals surface area contributed by atoms with E-state index in [4.69, 9.17) is 21.1 Å². The lowest BCUT2D eigenvalue weighted by Gasteiger charge is -2.26. The molecule has 0 aliphatic carbocycles. The Kier molecular flexibility index (Phi) is 4.58. The van der Waals surface area contributed by atoms with Crippen LogP contribution in [0.5, 0.6) is 11.5 Å². The van der Waals surface area contributed by atoms with Crippen LogP contribution >= 0.6 is 11.6 Å². The Hall–Kier alpha value is -2.67. The minimum atomic E-state index is -4.60. The van der Waals surface area contributed by atoms with Gasteiger partial charge < -0.3 is 14.6 Å². The maximum atomic E-state index is 12.9. The zero-order valence-corrected chi connectivity index (χ0v) is 14.1. The van der Waals surface area contributed by atoms with Crippen molar-refractivity contribution in [1.29, 1.82) is 0 Å². The van der Waals surface area contributed by atoms with Crippen LogP contribution in [0.1, 0.15) is 22.8 Å². The topological polar surface area (TPSA) is 55.8 Å². The molecule has 136 valence electrons. The van der Waals surface area contributed by atoms with E-state index in [2.05, 4.69) is 0 Å². The van der Waals surface area contributed by atoms with Gasteiger partial charge in [-0.15, -0.1) is 0 Å². The summed E-state index contributed by atoms with van der Waals surface area (Å²) >= 11 is 5.74. The highest BCUT2D eigenvalue weighted by Gasteiger charge is 2.35. The van der Waals surface area contributed by atoms with Gasteiger partial charge >= 0.3 is 12.1 Å². The summed E-state index contributed by atoms with van der Waals surface area (Å²) in [6, 6.07) is 7.88. The van der Waals surface area contributed by atoms with Gasteiger partial charge in [0.1, 0.15) is 11.5 Å². The van der Waals surface area contributed by atoms with E-state index >= 15 is 0 Å². The first-order valence-electron chi connectivity index (χ1n) is 7.37. The van der Waals surface area contributed by atoms with Crippen molar-refractivity contribution in [2.24, 2.45) is 0 Å². The number of rotatable bonds is 3. The van der Waals surface area contributed by atoms with Gasteiger partial charge in [-0.05, 0) is 42.0 Å². The van der Waals surface area contributed by atoms with Gasteiger partial charge in [0.15, 0.2) is 6.10 Å². The number of halogens is 4. The zero-order chi connectivity index (χ0) is 19.1. The minimum Gasteiger partial charge on any atom is -0.497 e. The van der Waals surface area contributed by atoms with Crippen LogP contribution in [0.2, 0.25) is 5.02 Å². The summed E-state index contributed by atoms with van der Waals surface area (Å²) < 4.78 is 49.4. The average Bonchev–Trinajstić information content (AvgIpc) is 2.58. The molecule has 1 atom stereocenters. The molecule has 0 saturated heterocycles. The smallest absolute Gasteiger partial charge is 0.417 e. The second-order valence-corrected chi connectivity index (χ2v) is 5.95. The number of fused-ring (bicyclic) bond motifs is 1. The Morgan fingerprint density at radius 3 is 2.54 bits per heavy atom. The number of methoxy groups -OCH3 is 1. The third-order valence-corrected chi connectivity index (χ3v) is 4.22. The molecule has 0 radical (unpaired) electrons. The molecule has 1 unspecified atom stereocenters. The number of hydrogen-bond donors (Lipinski definition) is 1. The SMILES string of the molecule is COc1ccc2c(c1)C=C(C(=O)O)C(c1ccc(C(F)(F)F)c(Cl)c1)O2. The van der Waals surface area contributed by atoms with E-state index in [9.17, 15) is 23.1 Å². The summed E-state index contributed by atoms with van der Waals surface area (Å²) in [6.45, 7) is 0. The second-order valence-electron chi connectivity index (χ2n) is 5.54. The Bertz CT molecular complexity index is 906. The van der Waals surface area contributed by atoms with Gasteiger partial charge in [-0.1, -0.05) is 17.7 Å². The molecule has 8 heteroatoms. The number of carboxylic acid groups (broad SMARTS) is 1.